The number of benzene rings is 2. The van der Waals surface area contributed by atoms with Gasteiger partial charge in [-0.2, -0.15) is 0 Å². The minimum atomic E-state index is -3.74. The number of aromatic nitrogens is 1. The predicted molar refractivity (Wildman–Crippen MR) is 97.7 cm³/mol. The van der Waals surface area contributed by atoms with Crippen LogP contribution in [0.1, 0.15) is 5.56 Å². The Morgan fingerprint density at radius 1 is 1.07 bits per heavy atom. The standard InChI is InChI=1S/C20H14F2N2O5/c21-20(22)28-15-7-6-14(10-16(15)29-20)24-17(25)11-27-18(26)9-13-4-1-3-12-5-2-8-23-19(12)13/h1-8,10H,9,11H2,(H,24,25). The topological polar surface area (TPSA) is 86.8 Å². The van der Waals surface area contributed by atoms with Crippen molar-refractivity contribution in [3.05, 3.63) is 60.3 Å². The van der Waals surface area contributed by atoms with E-state index in [2.05, 4.69) is 19.8 Å². The number of halogens is 2. The van der Waals surface area contributed by atoms with Crippen molar-refractivity contribution in [3.8, 4) is 11.5 Å². The third-order valence-corrected chi connectivity index (χ3v) is 4.10. The zero-order valence-corrected chi connectivity index (χ0v) is 14.9. The summed E-state index contributed by atoms with van der Waals surface area (Å²) < 4.78 is 39.6. The molecule has 0 saturated carbocycles. The van der Waals surface area contributed by atoms with Crippen LogP contribution < -0.4 is 14.8 Å². The molecule has 0 aliphatic carbocycles. The van der Waals surface area contributed by atoms with E-state index in [0.717, 1.165) is 5.39 Å². The number of hydrogen-bond donors (Lipinski definition) is 1. The molecule has 1 aliphatic heterocycles. The second-order valence-electron chi connectivity index (χ2n) is 6.21. The normalized spacial score (nSPS) is 13.9. The molecule has 29 heavy (non-hydrogen) atoms. The molecule has 0 fully saturated rings. The third kappa shape index (κ3) is 4.23. The van der Waals surface area contributed by atoms with Crippen molar-refractivity contribution in [3.63, 3.8) is 0 Å². The first-order valence-electron chi connectivity index (χ1n) is 8.58. The molecule has 2 heterocycles. The van der Waals surface area contributed by atoms with Gasteiger partial charge < -0.3 is 19.5 Å². The molecule has 0 atom stereocenters. The van der Waals surface area contributed by atoms with Gasteiger partial charge in [-0.25, -0.2) is 0 Å². The fourth-order valence-electron chi connectivity index (χ4n) is 2.89. The van der Waals surface area contributed by atoms with Crippen molar-refractivity contribution in [2.45, 2.75) is 12.7 Å². The number of carbonyl (C=O) groups is 2. The number of anilines is 1. The molecule has 0 unspecified atom stereocenters. The molecule has 0 bridgehead atoms. The highest BCUT2D eigenvalue weighted by Crippen LogP contribution is 2.42. The number of nitrogens with zero attached hydrogens (tertiary/aromatic N) is 1. The molecular formula is C20H14F2N2O5. The molecule has 7 nitrogen and oxygen atoms in total. The lowest BCUT2D eigenvalue weighted by molar-refractivity contribution is -0.286. The zero-order chi connectivity index (χ0) is 20.4. The van der Waals surface area contributed by atoms with Gasteiger partial charge in [0, 0.05) is 23.3 Å². The number of nitrogens with one attached hydrogen (secondary N) is 1. The van der Waals surface area contributed by atoms with E-state index in [4.69, 9.17) is 4.74 Å². The summed E-state index contributed by atoms with van der Waals surface area (Å²) in [5, 5.41) is 3.33. The van der Waals surface area contributed by atoms with Gasteiger partial charge in [-0.05, 0) is 23.8 Å². The van der Waals surface area contributed by atoms with Crippen molar-refractivity contribution in [2.75, 3.05) is 11.9 Å². The van der Waals surface area contributed by atoms with Crippen LogP contribution in [0.3, 0.4) is 0 Å². The number of para-hydroxylation sites is 1. The van der Waals surface area contributed by atoms with E-state index >= 15 is 0 Å². The van der Waals surface area contributed by atoms with Crippen LogP contribution in [0.15, 0.2) is 54.7 Å². The fraction of sp³-hybridized carbons (Fsp3) is 0.150. The largest absolute Gasteiger partial charge is 0.586 e. The lowest BCUT2D eigenvalue weighted by atomic mass is 10.1. The highest BCUT2D eigenvalue weighted by Gasteiger charge is 2.43. The van der Waals surface area contributed by atoms with Gasteiger partial charge in [0.25, 0.3) is 5.91 Å². The highest BCUT2D eigenvalue weighted by molar-refractivity contribution is 5.93. The Labute approximate surface area is 163 Å². The van der Waals surface area contributed by atoms with Crippen molar-refractivity contribution < 1.29 is 32.6 Å². The molecule has 0 spiro atoms. The minimum Gasteiger partial charge on any atom is -0.455 e. The van der Waals surface area contributed by atoms with Gasteiger partial charge in [-0.3, -0.25) is 14.6 Å². The van der Waals surface area contributed by atoms with E-state index < -0.39 is 24.8 Å². The first-order chi connectivity index (χ1) is 13.9. The van der Waals surface area contributed by atoms with E-state index in [0.29, 0.717) is 11.1 Å². The van der Waals surface area contributed by atoms with Crippen molar-refractivity contribution in [1.82, 2.24) is 4.98 Å². The summed E-state index contributed by atoms with van der Waals surface area (Å²) in [6.45, 7) is -0.526. The van der Waals surface area contributed by atoms with E-state index in [-0.39, 0.29) is 23.6 Å². The summed E-state index contributed by atoms with van der Waals surface area (Å²) in [5.74, 6) is -1.56. The molecule has 2 aromatic carbocycles. The van der Waals surface area contributed by atoms with Crippen LogP contribution >= 0.6 is 0 Å². The summed E-state index contributed by atoms with van der Waals surface area (Å²) in [4.78, 5) is 28.3. The Kier molecular flexibility index (Phi) is 4.71. The van der Waals surface area contributed by atoms with Gasteiger partial charge in [-0.15, -0.1) is 8.78 Å². The summed E-state index contributed by atoms with van der Waals surface area (Å²) in [6.07, 6.45) is -2.15. The number of fused-ring (bicyclic) bond motifs is 2. The average Bonchev–Trinajstić information content (AvgIpc) is 3.00. The summed E-state index contributed by atoms with van der Waals surface area (Å²) in [5.41, 5.74) is 1.57. The number of pyridine rings is 1. The van der Waals surface area contributed by atoms with Crippen LogP contribution in [0.4, 0.5) is 14.5 Å². The molecule has 9 heteroatoms. The fourth-order valence-corrected chi connectivity index (χ4v) is 2.89. The molecular weight excluding hydrogens is 386 g/mol. The van der Waals surface area contributed by atoms with E-state index in [1.54, 1.807) is 18.3 Å². The van der Waals surface area contributed by atoms with E-state index in [1.165, 1.54) is 18.2 Å². The molecule has 0 saturated heterocycles. The molecule has 148 valence electrons. The maximum Gasteiger partial charge on any atom is 0.586 e. The number of ether oxygens (including phenoxy) is 3. The maximum atomic E-state index is 13.0. The molecule has 4 rings (SSSR count). The monoisotopic (exact) mass is 400 g/mol. The number of alkyl halides is 2. The van der Waals surface area contributed by atoms with Gasteiger partial charge in [-0.1, -0.05) is 24.3 Å². The predicted octanol–water partition coefficient (Wildman–Crippen LogP) is 3.28. The van der Waals surface area contributed by atoms with Gasteiger partial charge in [0.05, 0.1) is 11.9 Å². The first-order valence-corrected chi connectivity index (χ1v) is 8.58. The molecule has 1 N–H and O–H groups in total. The Morgan fingerprint density at radius 3 is 2.72 bits per heavy atom. The number of rotatable bonds is 5. The first kappa shape index (κ1) is 18.6. The van der Waals surface area contributed by atoms with Gasteiger partial charge in [0.1, 0.15) is 0 Å². The Balaban J connectivity index is 1.32. The minimum absolute atomic E-state index is 0.0409. The van der Waals surface area contributed by atoms with Crippen molar-refractivity contribution >= 4 is 28.5 Å². The molecule has 1 amide bonds. The zero-order valence-electron chi connectivity index (χ0n) is 14.9. The van der Waals surface area contributed by atoms with Gasteiger partial charge in [0.2, 0.25) is 0 Å². The Bertz CT molecular complexity index is 1100. The van der Waals surface area contributed by atoms with Crippen LogP contribution in [-0.4, -0.2) is 29.8 Å². The summed E-state index contributed by atoms with van der Waals surface area (Å²) in [7, 11) is 0. The van der Waals surface area contributed by atoms with Crippen LogP contribution in [0, 0.1) is 0 Å². The summed E-state index contributed by atoms with van der Waals surface area (Å²) in [6, 6.07) is 12.9. The quantitative estimate of drug-likeness (QED) is 0.662. The molecule has 3 aromatic rings. The van der Waals surface area contributed by atoms with Crippen molar-refractivity contribution in [1.29, 1.82) is 0 Å². The molecule has 0 radical (unpaired) electrons. The number of carbonyl (C=O) groups excluding carboxylic acids is 2. The number of amides is 1. The van der Waals surface area contributed by atoms with Crippen LogP contribution in [-0.2, 0) is 20.7 Å². The highest BCUT2D eigenvalue weighted by atomic mass is 19.3. The number of esters is 1. The van der Waals surface area contributed by atoms with Crippen LogP contribution in [0.5, 0.6) is 11.5 Å². The van der Waals surface area contributed by atoms with E-state index in [9.17, 15) is 18.4 Å². The smallest absolute Gasteiger partial charge is 0.455 e. The lowest BCUT2D eigenvalue weighted by Gasteiger charge is -2.08. The van der Waals surface area contributed by atoms with Gasteiger partial charge in [0.15, 0.2) is 18.1 Å². The van der Waals surface area contributed by atoms with E-state index in [1.807, 2.05) is 18.2 Å². The molecule has 1 aliphatic rings. The van der Waals surface area contributed by atoms with Crippen molar-refractivity contribution in [2.24, 2.45) is 0 Å². The summed E-state index contributed by atoms with van der Waals surface area (Å²) >= 11 is 0. The second kappa shape index (κ2) is 7.34. The Hall–Kier alpha value is -3.75. The van der Waals surface area contributed by atoms with Crippen LogP contribution in [0.25, 0.3) is 10.9 Å². The number of hydrogen-bond acceptors (Lipinski definition) is 6. The third-order valence-electron chi connectivity index (χ3n) is 4.10. The second-order valence-corrected chi connectivity index (χ2v) is 6.21. The SMILES string of the molecule is O=C(COC(=O)Cc1cccc2cccnc12)Nc1ccc2c(c1)OC(F)(F)O2. The maximum absolute atomic E-state index is 13.0. The van der Waals surface area contributed by atoms with Crippen LogP contribution in [0.2, 0.25) is 0 Å². The average molecular weight is 400 g/mol. The van der Waals surface area contributed by atoms with Gasteiger partial charge >= 0.3 is 12.3 Å². The lowest BCUT2D eigenvalue weighted by Crippen LogP contribution is -2.25. The molecule has 1 aromatic heterocycles. The Morgan fingerprint density at radius 2 is 1.86 bits per heavy atom.